The first kappa shape index (κ1) is 20.9. The maximum Gasteiger partial charge on any atom is 0.313 e. The molecule has 0 bridgehead atoms. The largest absolute Gasteiger partial charge is 0.345 e. The average molecular weight is 448 g/mol. The number of aryl methyl sites for hydroxylation is 1. The van der Waals surface area contributed by atoms with Gasteiger partial charge in [-0.25, -0.2) is 8.42 Å². The Bertz CT molecular complexity index is 1030. The summed E-state index contributed by atoms with van der Waals surface area (Å²) in [7, 11) is -3.65. The number of hydrogen-bond donors (Lipinski definition) is 2. The number of nitrogens with one attached hydrogen (secondary N) is 2. The molecule has 7 nitrogen and oxygen atoms in total. The van der Waals surface area contributed by atoms with Gasteiger partial charge in [-0.2, -0.15) is 0 Å². The number of hydrogen-bond acceptors (Lipinski definition) is 5. The van der Waals surface area contributed by atoms with Gasteiger partial charge in [0.25, 0.3) is 10.0 Å². The maximum absolute atomic E-state index is 13.1. The Kier molecular flexibility index (Phi) is 6.10. The predicted octanol–water partition coefficient (Wildman–Crippen LogP) is 3.28. The van der Waals surface area contributed by atoms with Gasteiger partial charge in [0.2, 0.25) is 0 Å². The lowest BCUT2D eigenvalue weighted by Crippen LogP contribution is -2.42. The molecule has 1 aliphatic carbocycles. The number of sulfonamides is 1. The smallest absolute Gasteiger partial charge is 0.313 e. The number of thiophene rings is 1. The van der Waals surface area contributed by atoms with Crippen molar-refractivity contribution in [3.05, 3.63) is 41.3 Å². The molecule has 2 heterocycles. The van der Waals surface area contributed by atoms with Crippen LogP contribution < -0.4 is 14.9 Å². The van der Waals surface area contributed by atoms with E-state index in [1.165, 1.54) is 22.1 Å². The molecule has 1 fully saturated rings. The van der Waals surface area contributed by atoms with E-state index in [9.17, 15) is 18.0 Å². The zero-order chi connectivity index (χ0) is 21.1. The quantitative estimate of drug-likeness (QED) is 0.703. The van der Waals surface area contributed by atoms with Gasteiger partial charge in [0.1, 0.15) is 4.21 Å². The van der Waals surface area contributed by atoms with Crippen LogP contribution in [0.25, 0.3) is 0 Å². The van der Waals surface area contributed by atoms with Crippen LogP contribution in [0.15, 0.2) is 39.9 Å². The minimum Gasteiger partial charge on any atom is -0.345 e. The minimum atomic E-state index is -3.65. The zero-order valence-corrected chi connectivity index (χ0v) is 18.2. The topological polar surface area (TPSA) is 95.6 Å². The lowest BCUT2D eigenvalue weighted by molar-refractivity contribution is -0.136. The molecule has 9 heteroatoms. The molecular formula is C21H25N3O4S2. The van der Waals surface area contributed by atoms with Crippen molar-refractivity contribution < 1.29 is 18.0 Å². The number of carbonyl (C=O) groups excluding carboxylic acids is 2. The van der Waals surface area contributed by atoms with Crippen LogP contribution in [0, 0.1) is 0 Å². The fourth-order valence-corrected chi connectivity index (χ4v) is 6.71. The molecule has 1 aliphatic heterocycles. The lowest BCUT2D eigenvalue weighted by Gasteiger charge is -2.30. The Morgan fingerprint density at radius 3 is 2.57 bits per heavy atom. The first-order chi connectivity index (χ1) is 14.4. The summed E-state index contributed by atoms with van der Waals surface area (Å²) in [5, 5.41) is 7.15. The highest BCUT2D eigenvalue weighted by molar-refractivity contribution is 7.94. The molecule has 2 amide bonds. The summed E-state index contributed by atoms with van der Waals surface area (Å²) in [6.07, 6.45) is 6.58. The van der Waals surface area contributed by atoms with E-state index in [-0.39, 0.29) is 10.3 Å². The third-order valence-corrected chi connectivity index (χ3v) is 8.79. The highest BCUT2D eigenvalue weighted by atomic mass is 32.2. The SMILES string of the molecule is O=C(Nc1ccc2c(c1)N(S(=O)(=O)c1cccs1)CCC2)C(=O)NC1CCCCC1. The number of benzene rings is 1. The fourth-order valence-electron chi connectivity index (χ4n) is 4.07. The van der Waals surface area contributed by atoms with E-state index in [4.69, 9.17) is 0 Å². The molecule has 0 radical (unpaired) electrons. The van der Waals surface area contributed by atoms with Crippen molar-refractivity contribution in [2.24, 2.45) is 0 Å². The Labute approximate surface area is 180 Å². The van der Waals surface area contributed by atoms with Crippen molar-refractivity contribution >= 4 is 44.5 Å². The van der Waals surface area contributed by atoms with E-state index in [1.807, 2.05) is 6.07 Å². The third-order valence-electron chi connectivity index (χ3n) is 5.61. The molecule has 0 saturated heterocycles. The van der Waals surface area contributed by atoms with Crippen LogP contribution in [0.3, 0.4) is 0 Å². The van der Waals surface area contributed by atoms with E-state index in [0.29, 0.717) is 17.9 Å². The molecule has 2 N–H and O–H groups in total. The summed E-state index contributed by atoms with van der Waals surface area (Å²) >= 11 is 1.18. The summed E-state index contributed by atoms with van der Waals surface area (Å²) < 4.78 is 27.8. The number of fused-ring (bicyclic) bond motifs is 1. The van der Waals surface area contributed by atoms with Crippen molar-refractivity contribution in [1.29, 1.82) is 0 Å². The summed E-state index contributed by atoms with van der Waals surface area (Å²) in [5.41, 5.74) is 1.87. The fraction of sp³-hybridized carbons (Fsp3) is 0.429. The molecule has 0 unspecified atom stereocenters. The summed E-state index contributed by atoms with van der Waals surface area (Å²) in [4.78, 5) is 24.6. The molecule has 2 aromatic rings. The summed E-state index contributed by atoms with van der Waals surface area (Å²) in [6.45, 7) is 0.382. The molecule has 30 heavy (non-hydrogen) atoms. The van der Waals surface area contributed by atoms with Crippen molar-refractivity contribution in [1.82, 2.24) is 5.32 Å². The van der Waals surface area contributed by atoms with Gasteiger partial charge in [-0.1, -0.05) is 31.4 Å². The lowest BCUT2D eigenvalue weighted by atomic mass is 9.95. The van der Waals surface area contributed by atoms with E-state index in [0.717, 1.165) is 44.1 Å². The van der Waals surface area contributed by atoms with E-state index in [2.05, 4.69) is 10.6 Å². The van der Waals surface area contributed by atoms with Crippen LogP contribution in [0.2, 0.25) is 0 Å². The number of amides is 2. The molecule has 0 spiro atoms. The second-order valence-electron chi connectivity index (χ2n) is 7.72. The monoisotopic (exact) mass is 447 g/mol. The van der Waals surface area contributed by atoms with Gasteiger partial charge < -0.3 is 10.6 Å². The second kappa shape index (κ2) is 8.77. The molecule has 1 saturated carbocycles. The van der Waals surface area contributed by atoms with Crippen molar-refractivity contribution in [2.75, 3.05) is 16.2 Å². The van der Waals surface area contributed by atoms with Crippen LogP contribution in [-0.2, 0) is 26.0 Å². The molecule has 1 aromatic heterocycles. The molecule has 0 atom stereocenters. The van der Waals surface area contributed by atoms with Crippen LogP contribution >= 0.6 is 11.3 Å². The van der Waals surface area contributed by atoms with Gasteiger partial charge in [-0.3, -0.25) is 13.9 Å². The van der Waals surface area contributed by atoms with E-state index >= 15 is 0 Å². The molecule has 160 valence electrons. The summed E-state index contributed by atoms with van der Waals surface area (Å²) in [6, 6.07) is 8.53. The zero-order valence-electron chi connectivity index (χ0n) is 16.6. The van der Waals surface area contributed by atoms with Gasteiger partial charge in [0.15, 0.2) is 0 Å². The highest BCUT2D eigenvalue weighted by Gasteiger charge is 2.30. The Hall–Kier alpha value is -2.39. The molecule has 4 rings (SSSR count). The molecule has 1 aromatic carbocycles. The van der Waals surface area contributed by atoms with Gasteiger partial charge in [0.05, 0.1) is 5.69 Å². The van der Waals surface area contributed by atoms with Crippen LogP contribution in [0.4, 0.5) is 11.4 Å². The van der Waals surface area contributed by atoms with Crippen molar-refractivity contribution in [2.45, 2.75) is 55.2 Å². The van der Waals surface area contributed by atoms with Gasteiger partial charge >= 0.3 is 11.8 Å². The average Bonchev–Trinajstić information content (AvgIpc) is 3.30. The second-order valence-corrected chi connectivity index (χ2v) is 10.8. The highest BCUT2D eigenvalue weighted by Crippen LogP contribution is 2.35. The van der Waals surface area contributed by atoms with Gasteiger partial charge in [-0.15, -0.1) is 11.3 Å². The molecular weight excluding hydrogens is 422 g/mol. The Morgan fingerprint density at radius 2 is 1.83 bits per heavy atom. The summed E-state index contributed by atoms with van der Waals surface area (Å²) in [5.74, 6) is -1.38. The van der Waals surface area contributed by atoms with Gasteiger partial charge in [0, 0.05) is 18.3 Å². The number of carbonyl (C=O) groups is 2. The number of anilines is 2. The van der Waals surface area contributed by atoms with Crippen LogP contribution in [-0.4, -0.2) is 32.8 Å². The Balaban J connectivity index is 1.51. The van der Waals surface area contributed by atoms with Crippen molar-refractivity contribution in [3.8, 4) is 0 Å². The minimum absolute atomic E-state index is 0.0481. The normalized spacial score (nSPS) is 17.3. The van der Waals surface area contributed by atoms with E-state index < -0.39 is 21.8 Å². The Morgan fingerprint density at radius 1 is 1.03 bits per heavy atom. The first-order valence-corrected chi connectivity index (χ1v) is 12.6. The first-order valence-electron chi connectivity index (χ1n) is 10.3. The predicted molar refractivity (Wildman–Crippen MR) is 117 cm³/mol. The van der Waals surface area contributed by atoms with Crippen LogP contribution in [0.1, 0.15) is 44.1 Å². The van der Waals surface area contributed by atoms with E-state index in [1.54, 1.807) is 29.6 Å². The van der Waals surface area contributed by atoms with Crippen molar-refractivity contribution in [3.63, 3.8) is 0 Å². The van der Waals surface area contributed by atoms with Crippen LogP contribution in [0.5, 0.6) is 0 Å². The third kappa shape index (κ3) is 4.37. The standard InChI is InChI=1S/C21H25N3O4S2/c25-20(22-16-7-2-1-3-8-16)21(26)23-17-11-10-15-6-4-12-24(18(15)14-17)30(27,28)19-9-5-13-29-19/h5,9-11,13-14,16H,1-4,6-8,12H2,(H,22,25)(H,23,26). The maximum atomic E-state index is 13.1. The van der Waals surface area contributed by atoms with Gasteiger partial charge in [-0.05, 0) is 54.8 Å². The molecule has 2 aliphatic rings. The number of rotatable bonds is 4. The number of nitrogens with zero attached hydrogens (tertiary/aromatic N) is 1.